The molecule has 1 saturated heterocycles. The number of nitrogens with zero attached hydrogens (tertiary/aromatic N) is 4. The molecule has 4 rings (SSSR count). The topological polar surface area (TPSA) is 72.3 Å². The summed E-state index contributed by atoms with van der Waals surface area (Å²) in [6.07, 6.45) is 1.70. The third-order valence-electron chi connectivity index (χ3n) is 5.65. The van der Waals surface area contributed by atoms with Gasteiger partial charge < -0.3 is 15.0 Å². The van der Waals surface area contributed by atoms with Crippen LogP contribution in [-0.4, -0.2) is 51.9 Å². The van der Waals surface area contributed by atoms with Crippen molar-refractivity contribution < 1.29 is 9.53 Å². The number of aryl methyl sites for hydroxylation is 2. The van der Waals surface area contributed by atoms with E-state index in [-0.39, 0.29) is 11.3 Å². The Labute approximate surface area is 189 Å². The summed E-state index contributed by atoms with van der Waals surface area (Å²) in [5, 5.41) is 8.34. The summed E-state index contributed by atoms with van der Waals surface area (Å²) in [7, 11) is 0. The summed E-state index contributed by atoms with van der Waals surface area (Å²) in [6.45, 7) is 12.9. The van der Waals surface area contributed by atoms with Gasteiger partial charge in [-0.05, 0) is 43.2 Å². The summed E-state index contributed by atoms with van der Waals surface area (Å²) < 4.78 is 7.31. The highest BCUT2D eigenvalue weighted by Gasteiger charge is 2.25. The van der Waals surface area contributed by atoms with Crippen LogP contribution in [0, 0.1) is 13.8 Å². The van der Waals surface area contributed by atoms with Gasteiger partial charge in [-0.1, -0.05) is 32.9 Å². The number of amides is 1. The first-order valence-electron chi connectivity index (χ1n) is 11.0. The summed E-state index contributed by atoms with van der Waals surface area (Å²) in [4.78, 5) is 19.5. The first-order chi connectivity index (χ1) is 15.2. The molecule has 0 saturated carbocycles. The maximum absolute atomic E-state index is 13.2. The molecule has 3 heterocycles. The third kappa shape index (κ3) is 4.53. The van der Waals surface area contributed by atoms with Crippen molar-refractivity contribution in [1.82, 2.24) is 19.7 Å². The van der Waals surface area contributed by atoms with Crippen LogP contribution in [0.2, 0.25) is 0 Å². The first-order valence-corrected chi connectivity index (χ1v) is 11.0. The second-order valence-corrected chi connectivity index (χ2v) is 9.30. The molecule has 7 nitrogen and oxygen atoms in total. The highest BCUT2D eigenvalue weighted by atomic mass is 16.5. The maximum atomic E-state index is 13.2. The minimum absolute atomic E-state index is 0.0438. The molecule has 1 aliphatic heterocycles. The normalized spacial score (nSPS) is 14.5. The Morgan fingerprint density at radius 2 is 1.84 bits per heavy atom. The van der Waals surface area contributed by atoms with E-state index < -0.39 is 0 Å². The number of hydrogen-bond donors (Lipinski definition) is 1. The molecule has 1 aromatic carbocycles. The average molecular weight is 434 g/mol. The lowest BCUT2D eigenvalue weighted by Crippen LogP contribution is -2.41. The Hall–Kier alpha value is -3.19. The predicted octanol–water partition coefficient (Wildman–Crippen LogP) is 4.40. The van der Waals surface area contributed by atoms with Crippen molar-refractivity contribution in [2.45, 2.75) is 40.0 Å². The van der Waals surface area contributed by atoms with Crippen molar-refractivity contribution in [3.8, 4) is 5.69 Å². The largest absolute Gasteiger partial charge is 0.378 e. The van der Waals surface area contributed by atoms with E-state index >= 15 is 0 Å². The smallest absolute Gasteiger partial charge is 0.257 e. The SMILES string of the molecule is Cc1ccc(C)c(-n2nc(C(C)(C)C)cc2Nc2ncccc2C(=O)N2CCOCC2)c1. The van der Waals surface area contributed by atoms with Crippen LogP contribution in [0.1, 0.15) is 48.0 Å². The molecule has 32 heavy (non-hydrogen) atoms. The van der Waals surface area contributed by atoms with E-state index in [4.69, 9.17) is 9.84 Å². The number of rotatable bonds is 4. The summed E-state index contributed by atoms with van der Waals surface area (Å²) in [6, 6.07) is 12.0. The molecule has 7 heteroatoms. The molecule has 0 aliphatic carbocycles. The van der Waals surface area contributed by atoms with E-state index in [1.807, 2.05) is 21.7 Å². The Morgan fingerprint density at radius 3 is 2.56 bits per heavy atom. The van der Waals surface area contributed by atoms with Gasteiger partial charge in [-0.15, -0.1) is 0 Å². The number of pyridine rings is 1. The van der Waals surface area contributed by atoms with Gasteiger partial charge in [0.2, 0.25) is 0 Å². The van der Waals surface area contributed by atoms with Crippen LogP contribution in [0.4, 0.5) is 11.6 Å². The zero-order valence-electron chi connectivity index (χ0n) is 19.5. The Balaban J connectivity index is 1.76. The number of carbonyl (C=O) groups excluding carboxylic acids is 1. The maximum Gasteiger partial charge on any atom is 0.257 e. The highest BCUT2D eigenvalue weighted by Crippen LogP contribution is 2.30. The quantitative estimate of drug-likeness (QED) is 0.660. The monoisotopic (exact) mass is 433 g/mol. The van der Waals surface area contributed by atoms with Gasteiger partial charge in [-0.25, -0.2) is 9.67 Å². The van der Waals surface area contributed by atoms with E-state index in [2.05, 4.69) is 63.1 Å². The van der Waals surface area contributed by atoms with E-state index in [9.17, 15) is 4.79 Å². The number of hydrogen-bond acceptors (Lipinski definition) is 5. The fourth-order valence-electron chi connectivity index (χ4n) is 3.70. The molecule has 0 radical (unpaired) electrons. The van der Waals surface area contributed by atoms with E-state index in [0.717, 1.165) is 28.3 Å². The Bertz CT molecular complexity index is 1120. The van der Waals surface area contributed by atoms with Crippen molar-refractivity contribution in [1.29, 1.82) is 0 Å². The minimum atomic E-state index is -0.129. The van der Waals surface area contributed by atoms with E-state index in [0.29, 0.717) is 37.7 Å². The third-order valence-corrected chi connectivity index (χ3v) is 5.65. The molecule has 0 spiro atoms. The number of morpholine rings is 1. The van der Waals surface area contributed by atoms with E-state index in [1.54, 1.807) is 12.3 Å². The van der Waals surface area contributed by atoms with Gasteiger partial charge in [0.05, 0.1) is 30.2 Å². The molecular weight excluding hydrogens is 402 g/mol. The molecule has 168 valence electrons. The number of nitrogens with one attached hydrogen (secondary N) is 1. The molecule has 0 atom stereocenters. The molecule has 1 N–H and O–H groups in total. The summed E-state index contributed by atoms with van der Waals surface area (Å²) in [5.41, 5.74) is 4.65. The van der Waals surface area contributed by atoms with Crippen LogP contribution in [-0.2, 0) is 10.2 Å². The van der Waals surface area contributed by atoms with Gasteiger partial charge in [-0.3, -0.25) is 4.79 Å². The van der Waals surface area contributed by atoms with Gasteiger partial charge in [-0.2, -0.15) is 5.10 Å². The molecule has 1 amide bonds. The summed E-state index contributed by atoms with van der Waals surface area (Å²) >= 11 is 0. The van der Waals surface area contributed by atoms with Crippen LogP contribution in [0.25, 0.3) is 5.69 Å². The van der Waals surface area contributed by atoms with Crippen LogP contribution < -0.4 is 5.32 Å². The van der Waals surface area contributed by atoms with Gasteiger partial charge in [0.1, 0.15) is 11.6 Å². The molecule has 0 bridgehead atoms. The number of ether oxygens (including phenoxy) is 1. The number of benzene rings is 1. The highest BCUT2D eigenvalue weighted by molar-refractivity contribution is 5.99. The molecule has 2 aromatic heterocycles. The van der Waals surface area contributed by atoms with E-state index in [1.165, 1.54) is 0 Å². The second kappa shape index (κ2) is 8.74. The van der Waals surface area contributed by atoms with Crippen molar-refractivity contribution in [3.05, 3.63) is 65.0 Å². The number of aromatic nitrogens is 3. The lowest BCUT2D eigenvalue weighted by Gasteiger charge is -2.27. The zero-order chi connectivity index (χ0) is 22.9. The number of carbonyl (C=O) groups is 1. The fourth-order valence-corrected chi connectivity index (χ4v) is 3.70. The predicted molar refractivity (Wildman–Crippen MR) is 126 cm³/mol. The molecule has 1 fully saturated rings. The Morgan fingerprint density at radius 1 is 1.09 bits per heavy atom. The minimum Gasteiger partial charge on any atom is -0.378 e. The van der Waals surface area contributed by atoms with Gasteiger partial charge in [0, 0.05) is 30.8 Å². The first kappa shape index (κ1) is 22.0. The van der Waals surface area contributed by atoms with Crippen LogP contribution in [0.15, 0.2) is 42.6 Å². The van der Waals surface area contributed by atoms with Crippen LogP contribution in [0.5, 0.6) is 0 Å². The number of anilines is 2. The molecular formula is C25H31N5O2. The average Bonchev–Trinajstić information content (AvgIpc) is 3.20. The van der Waals surface area contributed by atoms with Crippen molar-refractivity contribution >= 4 is 17.5 Å². The standard InChI is InChI=1S/C25H31N5O2/c1-17-8-9-18(2)20(15-17)30-22(16-21(28-30)25(3,4)5)27-23-19(7-6-10-26-23)24(31)29-11-13-32-14-12-29/h6-10,15-16H,11-14H2,1-5H3,(H,26,27). The van der Waals surface area contributed by atoms with Gasteiger partial charge in [0.25, 0.3) is 5.91 Å². The Kier molecular flexibility index (Phi) is 6.02. The van der Waals surface area contributed by atoms with Gasteiger partial charge in [0.15, 0.2) is 0 Å². The van der Waals surface area contributed by atoms with Crippen molar-refractivity contribution in [2.75, 3.05) is 31.6 Å². The zero-order valence-corrected chi connectivity index (χ0v) is 19.5. The fraction of sp³-hybridized carbons (Fsp3) is 0.400. The summed E-state index contributed by atoms with van der Waals surface area (Å²) in [5.74, 6) is 1.26. The van der Waals surface area contributed by atoms with Crippen molar-refractivity contribution in [3.63, 3.8) is 0 Å². The lowest BCUT2D eigenvalue weighted by atomic mass is 9.92. The second-order valence-electron chi connectivity index (χ2n) is 9.30. The van der Waals surface area contributed by atoms with Crippen LogP contribution in [0.3, 0.4) is 0 Å². The lowest BCUT2D eigenvalue weighted by molar-refractivity contribution is 0.0303. The van der Waals surface area contributed by atoms with Crippen LogP contribution >= 0.6 is 0 Å². The molecule has 0 unspecified atom stereocenters. The van der Waals surface area contributed by atoms with Crippen molar-refractivity contribution in [2.24, 2.45) is 0 Å². The molecule has 1 aliphatic rings. The molecule has 3 aromatic rings. The van der Waals surface area contributed by atoms with Gasteiger partial charge >= 0.3 is 0 Å².